The van der Waals surface area contributed by atoms with E-state index < -0.39 is 0 Å². The number of imide groups is 1. The number of carbonyl (C=O) groups is 2. The number of hydrogen-bond acceptors (Lipinski definition) is 3. The Morgan fingerprint density at radius 2 is 1.58 bits per heavy atom. The Hall–Kier alpha value is -2.10. The van der Waals surface area contributed by atoms with E-state index in [2.05, 4.69) is 36.5 Å². The molecular weight excluding hydrogens is 300 g/mol. The number of allylic oxidation sites excluding steroid dienone is 2. The SMILES string of the molecule is CCc1ccc(NCN2C(=O)[C@H]3[C@@H]4C=C[C@H]([C@@H]5C[C@@H]45)[C@@H]3C2=O)cc1. The molecule has 1 aliphatic heterocycles. The molecule has 1 N–H and O–H groups in total. The Bertz CT molecular complexity index is 703. The first-order valence-electron chi connectivity index (χ1n) is 9.05. The van der Waals surface area contributed by atoms with E-state index in [1.54, 1.807) is 0 Å². The fourth-order valence-electron chi connectivity index (χ4n) is 5.20. The Labute approximate surface area is 141 Å². The average molecular weight is 322 g/mol. The van der Waals surface area contributed by atoms with Gasteiger partial charge in [0, 0.05) is 5.69 Å². The molecule has 4 heteroatoms. The number of amides is 2. The maximum absolute atomic E-state index is 12.9. The zero-order chi connectivity index (χ0) is 16.4. The van der Waals surface area contributed by atoms with Crippen molar-refractivity contribution in [3.05, 3.63) is 42.0 Å². The van der Waals surface area contributed by atoms with Crippen LogP contribution in [0.2, 0.25) is 0 Å². The molecule has 2 saturated carbocycles. The molecule has 0 spiro atoms. The van der Waals surface area contributed by atoms with Crippen LogP contribution in [0.1, 0.15) is 18.9 Å². The lowest BCUT2D eigenvalue weighted by molar-refractivity contribution is -0.139. The van der Waals surface area contributed by atoms with Gasteiger partial charge in [-0.05, 0) is 54.2 Å². The molecule has 2 bridgehead atoms. The van der Waals surface area contributed by atoms with Crippen molar-refractivity contribution in [1.29, 1.82) is 0 Å². The van der Waals surface area contributed by atoms with E-state index in [4.69, 9.17) is 0 Å². The van der Waals surface area contributed by atoms with Gasteiger partial charge < -0.3 is 5.32 Å². The van der Waals surface area contributed by atoms with Crippen LogP contribution in [0.25, 0.3) is 0 Å². The molecule has 1 heterocycles. The van der Waals surface area contributed by atoms with E-state index >= 15 is 0 Å². The molecule has 0 unspecified atom stereocenters. The van der Waals surface area contributed by atoms with Gasteiger partial charge in [0.25, 0.3) is 0 Å². The third-order valence-corrected chi connectivity index (χ3v) is 6.56. The molecule has 24 heavy (non-hydrogen) atoms. The molecule has 3 fully saturated rings. The zero-order valence-corrected chi connectivity index (χ0v) is 13.8. The van der Waals surface area contributed by atoms with E-state index in [9.17, 15) is 9.59 Å². The van der Waals surface area contributed by atoms with Gasteiger partial charge in [-0.25, -0.2) is 0 Å². The summed E-state index contributed by atoms with van der Waals surface area (Å²) in [5, 5.41) is 3.24. The summed E-state index contributed by atoms with van der Waals surface area (Å²) in [4.78, 5) is 27.2. The lowest BCUT2D eigenvalue weighted by Gasteiger charge is -2.37. The van der Waals surface area contributed by atoms with Crippen LogP contribution in [0.5, 0.6) is 0 Å². The van der Waals surface area contributed by atoms with Gasteiger partial charge in [0.1, 0.15) is 0 Å². The number of aryl methyl sites for hydroxylation is 1. The summed E-state index contributed by atoms with van der Waals surface area (Å²) < 4.78 is 0. The highest BCUT2D eigenvalue weighted by Gasteiger charge is 2.66. The number of hydrogen-bond donors (Lipinski definition) is 1. The van der Waals surface area contributed by atoms with Gasteiger partial charge in [0.2, 0.25) is 11.8 Å². The van der Waals surface area contributed by atoms with E-state index in [0.29, 0.717) is 23.7 Å². The van der Waals surface area contributed by atoms with Crippen molar-refractivity contribution in [2.24, 2.45) is 35.5 Å². The van der Waals surface area contributed by atoms with Crippen molar-refractivity contribution >= 4 is 17.5 Å². The number of nitrogens with zero attached hydrogens (tertiary/aromatic N) is 1. The van der Waals surface area contributed by atoms with Crippen molar-refractivity contribution < 1.29 is 9.59 Å². The summed E-state index contributed by atoms with van der Waals surface area (Å²) in [6.07, 6.45) is 6.64. The summed E-state index contributed by atoms with van der Waals surface area (Å²) in [6.45, 7) is 2.41. The molecule has 2 amide bonds. The van der Waals surface area contributed by atoms with Gasteiger partial charge in [-0.1, -0.05) is 31.2 Å². The second-order valence-corrected chi connectivity index (χ2v) is 7.64. The third kappa shape index (κ3) is 1.86. The third-order valence-electron chi connectivity index (χ3n) is 6.56. The second-order valence-electron chi connectivity index (χ2n) is 7.64. The van der Waals surface area contributed by atoms with Crippen molar-refractivity contribution in [2.75, 3.05) is 12.0 Å². The molecule has 6 rings (SSSR count). The molecule has 1 saturated heterocycles. The summed E-state index contributed by atoms with van der Waals surface area (Å²) in [5.41, 5.74) is 2.23. The van der Waals surface area contributed by atoms with Crippen molar-refractivity contribution in [3.63, 3.8) is 0 Å². The average Bonchev–Trinajstić information content (AvgIpc) is 3.39. The molecule has 5 aliphatic rings. The normalized spacial score (nSPS) is 38.3. The minimum absolute atomic E-state index is 0.0346. The van der Waals surface area contributed by atoms with Gasteiger partial charge >= 0.3 is 0 Å². The van der Waals surface area contributed by atoms with E-state index in [1.165, 1.54) is 16.9 Å². The van der Waals surface area contributed by atoms with E-state index in [1.807, 2.05) is 12.1 Å². The molecule has 1 aromatic carbocycles. The smallest absolute Gasteiger partial charge is 0.235 e. The highest BCUT2D eigenvalue weighted by molar-refractivity contribution is 6.06. The largest absolute Gasteiger partial charge is 0.367 e. The van der Waals surface area contributed by atoms with Crippen LogP contribution >= 0.6 is 0 Å². The predicted molar refractivity (Wildman–Crippen MR) is 90.9 cm³/mol. The number of carbonyl (C=O) groups excluding carboxylic acids is 2. The first-order valence-corrected chi connectivity index (χ1v) is 9.05. The van der Waals surface area contributed by atoms with Gasteiger partial charge in [0.15, 0.2) is 0 Å². The Kier molecular flexibility index (Phi) is 2.94. The van der Waals surface area contributed by atoms with Gasteiger partial charge in [-0.2, -0.15) is 0 Å². The molecule has 1 aromatic rings. The number of likely N-dealkylation sites (tertiary alicyclic amines) is 1. The number of anilines is 1. The van der Waals surface area contributed by atoms with Crippen LogP contribution in [-0.2, 0) is 16.0 Å². The quantitative estimate of drug-likeness (QED) is 0.685. The topological polar surface area (TPSA) is 49.4 Å². The first kappa shape index (κ1) is 14.3. The highest BCUT2D eigenvalue weighted by Crippen LogP contribution is 2.65. The van der Waals surface area contributed by atoms with Crippen LogP contribution in [0.4, 0.5) is 5.69 Å². The van der Waals surface area contributed by atoms with E-state index in [0.717, 1.165) is 12.1 Å². The fourth-order valence-corrected chi connectivity index (χ4v) is 5.20. The predicted octanol–water partition coefficient (Wildman–Crippen LogP) is 2.67. The van der Waals surface area contributed by atoms with Crippen LogP contribution in [0, 0.1) is 35.5 Å². The molecule has 4 aliphatic carbocycles. The summed E-state index contributed by atoms with van der Waals surface area (Å²) in [7, 11) is 0. The van der Waals surface area contributed by atoms with Gasteiger partial charge in [0.05, 0.1) is 18.5 Å². The molecule has 0 radical (unpaired) electrons. The standard InChI is InChI=1S/C20H22N2O2/c1-2-11-3-5-12(6-4-11)21-10-22-19(23)17-13-7-8-14(16-9-15(13)16)18(17)20(22)24/h3-8,13-18,21H,2,9-10H2,1H3/t13-,14-,15+,16+,17+,18+/m1/s1. The maximum atomic E-state index is 12.9. The molecule has 4 nitrogen and oxygen atoms in total. The Balaban J connectivity index is 1.33. The summed E-state index contributed by atoms with van der Waals surface area (Å²) in [6, 6.07) is 8.18. The van der Waals surface area contributed by atoms with Crippen molar-refractivity contribution in [2.45, 2.75) is 19.8 Å². The van der Waals surface area contributed by atoms with Crippen molar-refractivity contribution in [1.82, 2.24) is 4.90 Å². The number of rotatable bonds is 4. The van der Waals surface area contributed by atoms with E-state index in [-0.39, 0.29) is 30.3 Å². The maximum Gasteiger partial charge on any atom is 0.235 e. The van der Waals surface area contributed by atoms with Gasteiger partial charge in [-0.15, -0.1) is 0 Å². The first-order chi connectivity index (χ1) is 11.7. The molecule has 6 atom stereocenters. The molecule has 0 aromatic heterocycles. The van der Waals surface area contributed by atoms with Gasteiger partial charge in [-0.3, -0.25) is 14.5 Å². The lowest BCUT2D eigenvalue weighted by Crippen LogP contribution is -2.40. The monoisotopic (exact) mass is 322 g/mol. The van der Waals surface area contributed by atoms with Crippen LogP contribution in [-0.4, -0.2) is 23.4 Å². The highest BCUT2D eigenvalue weighted by atomic mass is 16.2. The summed E-state index contributed by atoms with van der Waals surface area (Å²) >= 11 is 0. The fraction of sp³-hybridized carbons (Fsp3) is 0.500. The Morgan fingerprint density at radius 3 is 2.12 bits per heavy atom. The van der Waals surface area contributed by atoms with Crippen LogP contribution in [0.15, 0.2) is 36.4 Å². The van der Waals surface area contributed by atoms with Crippen molar-refractivity contribution in [3.8, 4) is 0 Å². The molecule has 124 valence electrons. The number of benzene rings is 1. The van der Waals surface area contributed by atoms with Crippen LogP contribution in [0.3, 0.4) is 0 Å². The lowest BCUT2D eigenvalue weighted by atomic mass is 9.63. The minimum atomic E-state index is -0.0967. The summed E-state index contributed by atoms with van der Waals surface area (Å²) in [5.74, 6) is 1.80. The van der Waals surface area contributed by atoms with Crippen LogP contribution < -0.4 is 5.32 Å². The molecular formula is C20H22N2O2. The number of nitrogens with one attached hydrogen (secondary N) is 1. The second kappa shape index (κ2) is 4.95. The Morgan fingerprint density at radius 1 is 1.00 bits per heavy atom. The zero-order valence-electron chi connectivity index (χ0n) is 13.8. The minimum Gasteiger partial charge on any atom is -0.367 e.